The van der Waals surface area contributed by atoms with Crippen LogP contribution < -0.4 is 0 Å². The Labute approximate surface area is 91.5 Å². The summed E-state index contributed by atoms with van der Waals surface area (Å²) in [4.78, 5) is 2.28. The highest BCUT2D eigenvalue weighted by Gasteiger charge is 2.47. The summed E-state index contributed by atoms with van der Waals surface area (Å²) in [6.07, 6.45) is 2.43. The van der Waals surface area contributed by atoms with E-state index in [2.05, 4.69) is 43.1 Å². The third-order valence-electron chi connectivity index (χ3n) is 3.48. The van der Waals surface area contributed by atoms with E-state index in [4.69, 9.17) is 5.11 Å². The highest BCUT2D eigenvalue weighted by molar-refractivity contribution is 5.32. The predicted octanol–water partition coefficient (Wildman–Crippen LogP) is 1.91. The molecule has 0 saturated heterocycles. The summed E-state index contributed by atoms with van der Waals surface area (Å²) in [6.45, 7) is 3.11. The van der Waals surface area contributed by atoms with Crippen molar-refractivity contribution in [3.05, 3.63) is 35.4 Å². The number of likely N-dealkylation sites (N-methyl/N-ethyl adjacent to an activating group) is 1. The van der Waals surface area contributed by atoms with E-state index in [1.54, 1.807) is 0 Å². The van der Waals surface area contributed by atoms with Gasteiger partial charge in [0.25, 0.3) is 0 Å². The van der Waals surface area contributed by atoms with E-state index in [1.165, 1.54) is 24.0 Å². The summed E-state index contributed by atoms with van der Waals surface area (Å²) in [6, 6.07) is 8.77. The molecular weight excluding hydrogens is 186 g/mol. The van der Waals surface area contributed by atoms with Gasteiger partial charge in [-0.1, -0.05) is 29.8 Å². The van der Waals surface area contributed by atoms with Crippen LogP contribution in [0.1, 0.15) is 24.0 Å². The van der Waals surface area contributed by atoms with E-state index in [9.17, 15) is 0 Å². The number of aliphatic hydroxyl groups is 1. The average molecular weight is 205 g/mol. The lowest BCUT2D eigenvalue weighted by atomic mass is 10.0. The molecular formula is C13H19NO. The predicted molar refractivity (Wildman–Crippen MR) is 61.8 cm³/mol. The molecule has 0 radical (unpaired) electrons. The van der Waals surface area contributed by atoms with Gasteiger partial charge in [0.05, 0.1) is 6.61 Å². The Morgan fingerprint density at radius 1 is 1.27 bits per heavy atom. The number of rotatable bonds is 4. The van der Waals surface area contributed by atoms with Crippen molar-refractivity contribution >= 4 is 0 Å². The highest BCUT2D eigenvalue weighted by Crippen LogP contribution is 2.50. The van der Waals surface area contributed by atoms with Crippen molar-refractivity contribution in [1.82, 2.24) is 4.90 Å². The first kappa shape index (κ1) is 10.7. The van der Waals surface area contributed by atoms with Crippen molar-refractivity contribution in [1.29, 1.82) is 0 Å². The van der Waals surface area contributed by atoms with Gasteiger partial charge in [-0.25, -0.2) is 0 Å². The molecule has 2 rings (SSSR count). The lowest BCUT2D eigenvalue weighted by Crippen LogP contribution is -2.33. The molecule has 1 fully saturated rings. The number of hydrogen-bond donors (Lipinski definition) is 1. The van der Waals surface area contributed by atoms with Gasteiger partial charge in [-0.3, -0.25) is 4.90 Å². The molecule has 82 valence electrons. The second-order valence-corrected chi connectivity index (χ2v) is 4.54. The second kappa shape index (κ2) is 3.95. The Kier molecular flexibility index (Phi) is 2.81. The second-order valence-electron chi connectivity index (χ2n) is 4.54. The molecule has 1 N–H and O–H groups in total. The maximum absolute atomic E-state index is 8.98. The lowest BCUT2D eigenvalue weighted by Gasteiger charge is -2.27. The van der Waals surface area contributed by atoms with Crippen LogP contribution in [0.5, 0.6) is 0 Å². The van der Waals surface area contributed by atoms with Crippen molar-refractivity contribution < 1.29 is 5.11 Å². The molecule has 2 nitrogen and oxygen atoms in total. The molecule has 0 aliphatic heterocycles. The van der Waals surface area contributed by atoms with Gasteiger partial charge in [-0.2, -0.15) is 0 Å². The van der Waals surface area contributed by atoms with Gasteiger partial charge in [0.15, 0.2) is 0 Å². The third kappa shape index (κ3) is 1.92. The summed E-state index contributed by atoms with van der Waals surface area (Å²) < 4.78 is 0. The Morgan fingerprint density at radius 3 is 2.33 bits per heavy atom. The molecule has 2 heteroatoms. The van der Waals surface area contributed by atoms with E-state index in [0.29, 0.717) is 0 Å². The van der Waals surface area contributed by atoms with Gasteiger partial charge in [0.1, 0.15) is 0 Å². The SMILES string of the molecule is Cc1ccc(C2(N(C)CCO)CC2)cc1. The number of aryl methyl sites for hydroxylation is 1. The zero-order valence-electron chi connectivity index (χ0n) is 9.53. The molecule has 0 bridgehead atoms. The number of benzene rings is 1. The summed E-state index contributed by atoms with van der Waals surface area (Å²) in [5.41, 5.74) is 2.92. The van der Waals surface area contributed by atoms with Crippen LogP contribution in [0.4, 0.5) is 0 Å². The van der Waals surface area contributed by atoms with Crippen molar-refractivity contribution in [3.63, 3.8) is 0 Å². The fraction of sp³-hybridized carbons (Fsp3) is 0.538. The average Bonchev–Trinajstić information content (AvgIpc) is 3.00. The number of aliphatic hydroxyl groups excluding tert-OH is 1. The van der Waals surface area contributed by atoms with E-state index in [0.717, 1.165) is 6.54 Å². The summed E-state index contributed by atoms with van der Waals surface area (Å²) in [7, 11) is 2.10. The van der Waals surface area contributed by atoms with Crippen molar-refractivity contribution in [2.75, 3.05) is 20.2 Å². The zero-order chi connectivity index (χ0) is 10.9. The molecule has 1 aliphatic carbocycles. The maximum Gasteiger partial charge on any atom is 0.0558 e. The Morgan fingerprint density at radius 2 is 1.87 bits per heavy atom. The van der Waals surface area contributed by atoms with Gasteiger partial charge in [-0.15, -0.1) is 0 Å². The minimum absolute atomic E-state index is 0.219. The highest BCUT2D eigenvalue weighted by atomic mass is 16.3. The first-order valence-corrected chi connectivity index (χ1v) is 5.58. The van der Waals surface area contributed by atoms with E-state index in [-0.39, 0.29) is 12.1 Å². The molecule has 1 aliphatic rings. The van der Waals surface area contributed by atoms with Crippen molar-refractivity contribution in [3.8, 4) is 0 Å². The van der Waals surface area contributed by atoms with Crippen LogP contribution in [0.15, 0.2) is 24.3 Å². The van der Waals surface area contributed by atoms with E-state index < -0.39 is 0 Å². The molecule has 0 atom stereocenters. The molecule has 1 aromatic carbocycles. The summed E-state index contributed by atoms with van der Waals surface area (Å²) >= 11 is 0. The van der Waals surface area contributed by atoms with Crippen LogP contribution in [0.25, 0.3) is 0 Å². The topological polar surface area (TPSA) is 23.5 Å². The fourth-order valence-corrected chi connectivity index (χ4v) is 2.24. The standard InChI is InChI=1S/C13H19NO/c1-11-3-5-12(6-4-11)13(7-8-13)14(2)9-10-15/h3-6,15H,7-10H2,1-2H3. The first-order chi connectivity index (χ1) is 7.19. The molecule has 0 heterocycles. The normalized spacial score (nSPS) is 18.1. The number of hydrogen-bond acceptors (Lipinski definition) is 2. The zero-order valence-corrected chi connectivity index (χ0v) is 9.53. The Bertz CT molecular complexity index is 327. The minimum Gasteiger partial charge on any atom is -0.395 e. The van der Waals surface area contributed by atoms with E-state index in [1.807, 2.05) is 0 Å². The van der Waals surface area contributed by atoms with Gasteiger partial charge in [-0.05, 0) is 32.4 Å². The van der Waals surface area contributed by atoms with Gasteiger partial charge < -0.3 is 5.11 Å². The van der Waals surface area contributed by atoms with Crippen LogP contribution in [0, 0.1) is 6.92 Å². The summed E-state index contributed by atoms with van der Waals surface area (Å²) in [5.74, 6) is 0. The molecule has 0 spiro atoms. The van der Waals surface area contributed by atoms with E-state index >= 15 is 0 Å². The summed E-state index contributed by atoms with van der Waals surface area (Å²) in [5, 5.41) is 8.98. The van der Waals surface area contributed by atoms with Crippen molar-refractivity contribution in [2.24, 2.45) is 0 Å². The Balaban J connectivity index is 2.19. The smallest absolute Gasteiger partial charge is 0.0558 e. The first-order valence-electron chi connectivity index (χ1n) is 5.58. The molecule has 0 amide bonds. The van der Waals surface area contributed by atoms with Crippen LogP contribution in [-0.2, 0) is 5.54 Å². The van der Waals surface area contributed by atoms with Crippen LogP contribution in [0.2, 0.25) is 0 Å². The lowest BCUT2D eigenvalue weighted by molar-refractivity contribution is 0.166. The molecule has 1 saturated carbocycles. The fourth-order valence-electron chi connectivity index (χ4n) is 2.24. The van der Waals surface area contributed by atoms with Crippen LogP contribution in [0.3, 0.4) is 0 Å². The molecule has 0 aromatic heterocycles. The molecule has 15 heavy (non-hydrogen) atoms. The molecule has 1 aromatic rings. The van der Waals surface area contributed by atoms with Gasteiger partial charge in [0, 0.05) is 12.1 Å². The van der Waals surface area contributed by atoms with Crippen LogP contribution in [-0.4, -0.2) is 30.2 Å². The Hall–Kier alpha value is -0.860. The van der Waals surface area contributed by atoms with Gasteiger partial charge in [0.2, 0.25) is 0 Å². The third-order valence-corrected chi connectivity index (χ3v) is 3.48. The minimum atomic E-state index is 0.219. The van der Waals surface area contributed by atoms with Crippen LogP contribution >= 0.6 is 0 Å². The quantitative estimate of drug-likeness (QED) is 0.811. The maximum atomic E-state index is 8.98. The van der Waals surface area contributed by atoms with Gasteiger partial charge >= 0.3 is 0 Å². The monoisotopic (exact) mass is 205 g/mol. The largest absolute Gasteiger partial charge is 0.395 e. The number of nitrogens with zero attached hydrogens (tertiary/aromatic N) is 1. The molecule has 0 unspecified atom stereocenters. The van der Waals surface area contributed by atoms with Crippen molar-refractivity contribution in [2.45, 2.75) is 25.3 Å².